The molecule has 0 radical (unpaired) electrons. The van der Waals surface area contributed by atoms with Crippen molar-refractivity contribution in [3.8, 4) is 34.0 Å². The maximum absolute atomic E-state index is 14.3. The summed E-state index contributed by atoms with van der Waals surface area (Å²) in [6, 6.07) is 23.3. The number of alkyl halides is 6. The Labute approximate surface area is 465 Å². The van der Waals surface area contributed by atoms with Crippen molar-refractivity contribution in [2.24, 2.45) is 0 Å². The van der Waals surface area contributed by atoms with Crippen LogP contribution in [0.4, 0.5) is 35.1 Å². The van der Waals surface area contributed by atoms with Gasteiger partial charge < -0.3 is 29.5 Å². The van der Waals surface area contributed by atoms with Crippen LogP contribution in [0.15, 0.2) is 109 Å². The van der Waals surface area contributed by atoms with Gasteiger partial charge in [0.15, 0.2) is 22.7 Å². The topological polar surface area (TPSA) is 166 Å². The Morgan fingerprint density at radius 1 is 0.561 bits per heavy atom. The highest BCUT2D eigenvalue weighted by Crippen LogP contribution is 2.39. The Kier molecular flexibility index (Phi) is 17.0. The van der Waals surface area contributed by atoms with E-state index >= 15 is 0 Å². The molecule has 24 heteroatoms. The van der Waals surface area contributed by atoms with Gasteiger partial charge >= 0.3 is 12.4 Å². The molecule has 2 fully saturated rings. The number of carbonyl (C=O) groups excluding carboxylic acids is 2. The zero-order valence-corrected chi connectivity index (χ0v) is 45.4. The second kappa shape index (κ2) is 23.8. The summed E-state index contributed by atoms with van der Waals surface area (Å²) in [7, 11) is 2.98. The number of benzene rings is 4. The van der Waals surface area contributed by atoms with Crippen LogP contribution in [-0.2, 0) is 12.4 Å². The van der Waals surface area contributed by atoms with Crippen LogP contribution in [0.1, 0.15) is 80.3 Å². The highest BCUT2D eigenvalue weighted by Gasteiger charge is 2.42. The van der Waals surface area contributed by atoms with Crippen molar-refractivity contribution in [2.45, 2.75) is 64.2 Å². The smallest absolute Gasteiger partial charge is 0.433 e. The Morgan fingerprint density at radius 2 is 0.902 bits per heavy atom. The van der Waals surface area contributed by atoms with Gasteiger partial charge in [0.2, 0.25) is 0 Å². The molecule has 10 rings (SSSR count). The van der Waals surface area contributed by atoms with Crippen LogP contribution in [0.3, 0.4) is 0 Å². The highest BCUT2D eigenvalue weighted by molar-refractivity contribution is 6.01. The van der Waals surface area contributed by atoms with Crippen LogP contribution in [0, 0.1) is 25.5 Å². The normalized spacial score (nSPS) is 17.2. The molecule has 0 unspecified atom stereocenters. The summed E-state index contributed by atoms with van der Waals surface area (Å²) in [5, 5.41) is 28.0. The van der Waals surface area contributed by atoms with Gasteiger partial charge in [0.1, 0.15) is 34.3 Å². The number of piperazine rings is 2. The van der Waals surface area contributed by atoms with E-state index in [2.05, 4.69) is 20.2 Å². The number of rotatable bonds is 12. The van der Waals surface area contributed by atoms with Crippen molar-refractivity contribution in [2.75, 3.05) is 66.7 Å². The molecule has 2 aliphatic heterocycles. The Morgan fingerprint density at radius 3 is 1.20 bits per heavy atom. The average molecular weight is 1140 g/mol. The minimum Gasteiger partial charge on any atom is -0.497 e. The molecule has 0 bridgehead atoms. The van der Waals surface area contributed by atoms with Crippen molar-refractivity contribution < 1.29 is 64.4 Å². The zero-order valence-electron chi connectivity index (χ0n) is 45.4. The summed E-state index contributed by atoms with van der Waals surface area (Å²) in [6.45, 7) is 8.04. The van der Waals surface area contributed by atoms with Gasteiger partial charge in [-0.15, -0.1) is 0 Å². The van der Waals surface area contributed by atoms with E-state index in [1.54, 1.807) is 82.6 Å². The number of halogens is 8. The lowest BCUT2D eigenvalue weighted by molar-refractivity contribution is -0.144. The number of methoxy groups -OCH3 is 2. The lowest BCUT2D eigenvalue weighted by Gasteiger charge is -2.43. The molecular formula is C58H58F8N10O6. The van der Waals surface area contributed by atoms with Crippen LogP contribution in [-0.4, -0.2) is 150 Å². The van der Waals surface area contributed by atoms with E-state index < -0.39 is 47.6 Å². The molecule has 16 nitrogen and oxygen atoms in total. The summed E-state index contributed by atoms with van der Waals surface area (Å²) < 4.78 is 124. The molecule has 4 aromatic heterocycles. The van der Waals surface area contributed by atoms with Gasteiger partial charge in [-0.2, -0.15) is 36.5 Å². The molecule has 2 N–H and O–H groups in total. The fourth-order valence-corrected chi connectivity index (χ4v) is 10.9. The largest absolute Gasteiger partial charge is 0.497 e. The molecular weight excluding hydrogens is 1080 g/mol. The number of ether oxygens (including phenoxy) is 2. The van der Waals surface area contributed by atoms with E-state index in [4.69, 9.17) is 9.47 Å². The lowest BCUT2D eigenvalue weighted by Crippen LogP contribution is -2.55. The maximum atomic E-state index is 14.3. The molecule has 82 heavy (non-hydrogen) atoms. The molecule has 6 heterocycles. The number of nitrogens with zero attached hydrogens (tertiary/aromatic N) is 10. The molecule has 4 aromatic carbocycles. The second-order valence-corrected chi connectivity index (χ2v) is 20.1. The third-order valence-corrected chi connectivity index (χ3v) is 15.1. The van der Waals surface area contributed by atoms with E-state index in [1.807, 2.05) is 23.6 Å². The van der Waals surface area contributed by atoms with E-state index in [1.165, 1.54) is 52.3 Å². The summed E-state index contributed by atoms with van der Waals surface area (Å²) in [5.74, 6) is -0.649. The molecule has 2 aliphatic rings. The summed E-state index contributed by atoms with van der Waals surface area (Å²) in [5.41, 5.74) is -0.151. The van der Waals surface area contributed by atoms with E-state index in [9.17, 15) is 54.9 Å². The molecule has 432 valence electrons. The fourth-order valence-electron chi connectivity index (χ4n) is 10.9. The number of aliphatic hydroxyl groups excluding tert-OH is 2. The minimum absolute atomic E-state index is 0.0391. The van der Waals surface area contributed by atoms with E-state index in [-0.39, 0.29) is 95.0 Å². The van der Waals surface area contributed by atoms with Gasteiger partial charge in [0.25, 0.3) is 11.8 Å². The van der Waals surface area contributed by atoms with E-state index in [0.29, 0.717) is 57.8 Å². The van der Waals surface area contributed by atoms with Gasteiger partial charge in [-0.25, -0.2) is 27.8 Å². The molecule has 0 spiro atoms. The number of fused-ring (bicyclic) bond motifs is 2. The second-order valence-electron chi connectivity index (χ2n) is 20.1. The SMILES string of the molecule is COc1ccc(-c2nc3c(C(=O)N4CCN([C@@H](CO)c5ccc(F)cc5)C[C@H]4C)cnn3c(C(F)(F)F)c2C)cc1.COc1ccc(-c2nc3c(C(=O)N4CCN([C@H](CO)c5ccc(F)cc5)C[C@H]4C)cnn3c(C(F)(F)F)c2C)cc1. The van der Waals surface area contributed by atoms with Gasteiger partial charge in [-0.05, 0) is 112 Å². The highest BCUT2D eigenvalue weighted by atomic mass is 19.4. The lowest BCUT2D eigenvalue weighted by atomic mass is 10.0. The molecule has 0 aliphatic carbocycles. The summed E-state index contributed by atoms with van der Waals surface area (Å²) in [4.78, 5) is 43.7. The molecule has 8 aromatic rings. The first-order valence-electron chi connectivity index (χ1n) is 26.1. The molecule has 4 atom stereocenters. The van der Waals surface area contributed by atoms with Gasteiger partial charge in [0.05, 0.1) is 63.3 Å². The van der Waals surface area contributed by atoms with Crippen LogP contribution in [0.25, 0.3) is 33.8 Å². The Balaban J connectivity index is 0.000000198. The molecule has 0 saturated carbocycles. The standard InChI is InChI=1S/2C29H29F4N5O3/c2*1-17-15-36(24(16-39)19-4-8-21(30)9-5-19)12-13-37(17)28(40)23-14-34-38-26(29(31,32)33)18(2)25(35-27(23)38)20-6-10-22(41-3)11-7-20/h2*4-11,14,17,24,39H,12-13,15-16H2,1-3H3/t17-,24+;17-,24-/m11/s1. The van der Waals surface area contributed by atoms with E-state index in [0.717, 1.165) is 23.5 Å². The third-order valence-electron chi connectivity index (χ3n) is 15.1. The monoisotopic (exact) mass is 1140 g/mol. The first-order chi connectivity index (χ1) is 39.1. The van der Waals surface area contributed by atoms with Gasteiger partial charge in [0, 0.05) is 73.6 Å². The van der Waals surface area contributed by atoms with Crippen molar-refractivity contribution >= 4 is 23.1 Å². The number of amides is 2. The summed E-state index contributed by atoms with van der Waals surface area (Å²) >= 11 is 0. The number of hydrogen-bond acceptors (Lipinski definition) is 12. The number of hydrogen-bond donors (Lipinski definition) is 2. The fraction of sp³-hybridized carbons (Fsp3) is 0.345. The van der Waals surface area contributed by atoms with Gasteiger partial charge in [-0.1, -0.05) is 24.3 Å². The number of aromatic nitrogens is 6. The predicted molar refractivity (Wildman–Crippen MR) is 286 cm³/mol. The average Bonchev–Trinajstić information content (AvgIpc) is 3.72. The quantitative estimate of drug-likeness (QED) is 0.112. The Hall–Kier alpha value is -8.06. The van der Waals surface area contributed by atoms with Crippen LogP contribution in [0.5, 0.6) is 11.5 Å². The van der Waals surface area contributed by atoms with Crippen LogP contribution >= 0.6 is 0 Å². The van der Waals surface area contributed by atoms with Crippen molar-refractivity contribution in [1.29, 1.82) is 0 Å². The molecule has 2 saturated heterocycles. The van der Waals surface area contributed by atoms with Crippen LogP contribution < -0.4 is 9.47 Å². The summed E-state index contributed by atoms with van der Waals surface area (Å²) in [6.07, 6.45) is -7.24. The Bertz CT molecular complexity index is 3340. The van der Waals surface area contributed by atoms with Gasteiger partial charge in [-0.3, -0.25) is 19.4 Å². The predicted octanol–water partition coefficient (Wildman–Crippen LogP) is 9.50. The van der Waals surface area contributed by atoms with Crippen molar-refractivity contribution in [3.63, 3.8) is 0 Å². The maximum Gasteiger partial charge on any atom is 0.433 e. The minimum atomic E-state index is -4.75. The van der Waals surface area contributed by atoms with Crippen molar-refractivity contribution in [3.05, 3.63) is 166 Å². The number of aliphatic hydroxyl groups is 2. The first-order valence-corrected chi connectivity index (χ1v) is 26.1. The first kappa shape index (κ1) is 58.6. The zero-order chi connectivity index (χ0) is 58.9. The number of carbonyl (C=O) groups is 2. The van der Waals surface area contributed by atoms with Crippen molar-refractivity contribution in [1.82, 2.24) is 48.8 Å². The third kappa shape index (κ3) is 11.7. The molecule has 2 amide bonds. The van der Waals surface area contributed by atoms with Crippen LogP contribution in [0.2, 0.25) is 0 Å².